The van der Waals surface area contributed by atoms with Crippen LogP contribution in [-0.2, 0) is 10.0 Å². The Hall–Kier alpha value is -1.78. The lowest BCUT2D eigenvalue weighted by Gasteiger charge is -2.21. The summed E-state index contributed by atoms with van der Waals surface area (Å²) in [5.41, 5.74) is -0.669. The SMILES string of the molecule is O=C(O)c1cc(S(=O)(=O)N(CCO)CC(F)F)ccc1O. The van der Waals surface area contributed by atoms with Gasteiger partial charge in [-0.25, -0.2) is 22.0 Å². The molecule has 1 rings (SSSR count). The standard InChI is InChI=1S/C11H13F2NO6S/c12-10(13)6-14(3-4-15)21(19,20)7-1-2-9(16)8(5-7)11(17)18/h1-2,5,10,15-16H,3-4,6H2,(H,17,18). The van der Waals surface area contributed by atoms with Crippen molar-refractivity contribution in [3.63, 3.8) is 0 Å². The Balaban J connectivity index is 3.27. The third kappa shape index (κ3) is 4.09. The van der Waals surface area contributed by atoms with Gasteiger partial charge in [-0.05, 0) is 18.2 Å². The van der Waals surface area contributed by atoms with Crippen LogP contribution in [0.1, 0.15) is 10.4 Å². The summed E-state index contributed by atoms with van der Waals surface area (Å²) in [5.74, 6) is -2.21. The van der Waals surface area contributed by atoms with Gasteiger partial charge in [-0.2, -0.15) is 4.31 Å². The van der Waals surface area contributed by atoms with Gasteiger partial charge in [-0.1, -0.05) is 0 Å². The van der Waals surface area contributed by atoms with Crippen LogP contribution in [0.2, 0.25) is 0 Å². The molecule has 118 valence electrons. The van der Waals surface area contributed by atoms with Crippen LogP contribution >= 0.6 is 0 Å². The quantitative estimate of drug-likeness (QED) is 0.666. The van der Waals surface area contributed by atoms with Gasteiger partial charge < -0.3 is 15.3 Å². The molecule has 10 heteroatoms. The topological polar surface area (TPSA) is 115 Å². The van der Waals surface area contributed by atoms with Gasteiger partial charge in [0.15, 0.2) is 0 Å². The molecule has 0 radical (unpaired) electrons. The molecule has 0 saturated heterocycles. The van der Waals surface area contributed by atoms with Gasteiger partial charge in [0.05, 0.1) is 18.0 Å². The number of halogens is 2. The Morgan fingerprint density at radius 1 is 1.33 bits per heavy atom. The molecule has 0 atom stereocenters. The van der Waals surface area contributed by atoms with Crippen molar-refractivity contribution in [3.05, 3.63) is 23.8 Å². The predicted octanol–water partition coefficient (Wildman–Crippen LogP) is 0.338. The number of aromatic hydroxyl groups is 1. The number of alkyl halides is 2. The molecule has 0 fully saturated rings. The number of benzene rings is 1. The van der Waals surface area contributed by atoms with Gasteiger partial charge in [0, 0.05) is 6.54 Å². The summed E-state index contributed by atoms with van der Waals surface area (Å²) in [7, 11) is -4.41. The van der Waals surface area contributed by atoms with E-state index in [9.17, 15) is 27.1 Å². The maximum Gasteiger partial charge on any atom is 0.339 e. The molecule has 0 saturated carbocycles. The normalized spacial score (nSPS) is 12.0. The van der Waals surface area contributed by atoms with Gasteiger partial charge in [0.25, 0.3) is 6.43 Å². The lowest BCUT2D eigenvalue weighted by Crippen LogP contribution is -2.37. The number of rotatable bonds is 7. The number of hydrogen-bond donors (Lipinski definition) is 3. The van der Waals surface area contributed by atoms with E-state index in [1.807, 2.05) is 0 Å². The van der Waals surface area contributed by atoms with E-state index in [2.05, 4.69) is 0 Å². The predicted molar refractivity (Wildman–Crippen MR) is 66.9 cm³/mol. The lowest BCUT2D eigenvalue weighted by molar-refractivity contribution is 0.0693. The highest BCUT2D eigenvalue weighted by Crippen LogP contribution is 2.24. The number of nitrogens with zero attached hydrogens (tertiary/aromatic N) is 1. The molecule has 0 aliphatic heterocycles. The summed E-state index contributed by atoms with van der Waals surface area (Å²) in [6.07, 6.45) is -2.96. The average Bonchev–Trinajstić information content (AvgIpc) is 2.37. The number of carboxylic acid groups (broad SMARTS) is 1. The van der Waals surface area contributed by atoms with E-state index in [1.54, 1.807) is 0 Å². The molecule has 0 aromatic heterocycles. The number of sulfonamides is 1. The highest BCUT2D eigenvalue weighted by molar-refractivity contribution is 7.89. The van der Waals surface area contributed by atoms with Gasteiger partial charge in [0.2, 0.25) is 10.0 Å². The van der Waals surface area contributed by atoms with E-state index in [0.717, 1.165) is 12.1 Å². The minimum absolute atomic E-state index is 0.343. The number of aromatic carboxylic acids is 1. The van der Waals surface area contributed by atoms with Gasteiger partial charge in [-0.3, -0.25) is 0 Å². The molecule has 0 amide bonds. The van der Waals surface area contributed by atoms with Crippen molar-refractivity contribution in [3.8, 4) is 5.75 Å². The van der Waals surface area contributed by atoms with E-state index in [1.165, 1.54) is 0 Å². The fourth-order valence-electron chi connectivity index (χ4n) is 1.57. The first-order valence-electron chi connectivity index (χ1n) is 5.65. The zero-order valence-electron chi connectivity index (χ0n) is 10.6. The number of carbonyl (C=O) groups is 1. The van der Waals surface area contributed by atoms with Crippen molar-refractivity contribution in [1.82, 2.24) is 4.31 Å². The minimum Gasteiger partial charge on any atom is -0.507 e. The molecule has 0 heterocycles. The zero-order valence-corrected chi connectivity index (χ0v) is 11.4. The number of hydrogen-bond acceptors (Lipinski definition) is 5. The number of aliphatic hydroxyl groups is 1. The van der Waals surface area contributed by atoms with Crippen molar-refractivity contribution in [1.29, 1.82) is 0 Å². The van der Waals surface area contributed by atoms with E-state index in [-0.39, 0.29) is 0 Å². The smallest absolute Gasteiger partial charge is 0.339 e. The van der Waals surface area contributed by atoms with E-state index >= 15 is 0 Å². The third-order valence-electron chi connectivity index (χ3n) is 2.53. The van der Waals surface area contributed by atoms with Crippen LogP contribution in [0.3, 0.4) is 0 Å². The van der Waals surface area contributed by atoms with Crippen molar-refractivity contribution in [2.24, 2.45) is 0 Å². The fraction of sp³-hybridized carbons (Fsp3) is 0.364. The molecule has 0 spiro atoms. The molecule has 1 aromatic carbocycles. The first-order valence-corrected chi connectivity index (χ1v) is 7.09. The Labute approximate surface area is 119 Å². The monoisotopic (exact) mass is 325 g/mol. The molecule has 21 heavy (non-hydrogen) atoms. The Morgan fingerprint density at radius 3 is 2.43 bits per heavy atom. The largest absolute Gasteiger partial charge is 0.507 e. The summed E-state index contributed by atoms with van der Waals surface area (Å²) in [6.45, 7) is -2.36. The van der Waals surface area contributed by atoms with Crippen molar-refractivity contribution in [2.45, 2.75) is 11.3 Å². The second kappa shape index (κ2) is 6.78. The van der Waals surface area contributed by atoms with Gasteiger partial charge in [0.1, 0.15) is 11.3 Å². The van der Waals surface area contributed by atoms with Crippen molar-refractivity contribution < 1.29 is 37.3 Å². The summed E-state index contributed by atoms with van der Waals surface area (Å²) in [5, 5.41) is 26.9. The average molecular weight is 325 g/mol. The highest BCUT2D eigenvalue weighted by Gasteiger charge is 2.28. The second-order valence-corrected chi connectivity index (χ2v) is 5.90. The molecule has 0 unspecified atom stereocenters. The summed E-state index contributed by atoms with van der Waals surface area (Å²) in [6, 6.07) is 2.41. The van der Waals surface area contributed by atoms with Crippen LogP contribution in [0.15, 0.2) is 23.1 Å². The first kappa shape index (κ1) is 17.3. The lowest BCUT2D eigenvalue weighted by atomic mass is 10.2. The molecule has 0 aliphatic rings. The van der Waals surface area contributed by atoms with Crippen molar-refractivity contribution >= 4 is 16.0 Å². The molecule has 7 nitrogen and oxygen atoms in total. The van der Waals surface area contributed by atoms with Crippen LogP contribution in [0, 0.1) is 0 Å². The molecule has 0 aliphatic carbocycles. The van der Waals surface area contributed by atoms with Crippen LogP contribution < -0.4 is 0 Å². The van der Waals surface area contributed by atoms with E-state index < -0.39 is 58.3 Å². The highest BCUT2D eigenvalue weighted by atomic mass is 32.2. The molecule has 1 aromatic rings. The van der Waals surface area contributed by atoms with Crippen LogP contribution in [0.4, 0.5) is 8.78 Å². The molecule has 0 bridgehead atoms. The molecule has 3 N–H and O–H groups in total. The van der Waals surface area contributed by atoms with Gasteiger partial charge >= 0.3 is 5.97 Å². The second-order valence-electron chi connectivity index (χ2n) is 3.96. The number of aliphatic hydroxyl groups excluding tert-OH is 1. The summed E-state index contributed by atoms with van der Waals surface area (Å²) in [4.78, 5) is 10.3. The number of phenols is 1. The molecular weight excluding hydrogens is 312 g/mol. The summed E-state index contributed by atoms with van der Waals surface area (Å²) < 4.78 is 49.5. The zero-order chi connectivity index (χ0) is 16.2. The Kier molecular flexibility index (Phi) is 5.58. The van der Waals surface area contributed by atoms with E-state index in [0.29, 0.717) is 10.4 Å². The molecular formula is C11H13F2NO6S. The number of carboxylic acids is 1. The maximum atomic E-state index is 12.4. The fourth-order valence-corrected chi connectivity index (χ4v) is 3.01. The minimum atomic E-state index is -4.41. The van der Waals surface area contributed by atoms with Gasteiger partial charge in [-0.15, -0.1) is 0 Å². The van der Waals surface area contributed by atoms with Crippen molar-refractivity contribution in [2.75, 3.05) is 19.7 Å². The first-order chi connectivity index (χ1) is 9.70. The van der Waals surface area contributed by atoms with Crippen LogP contribution in [0.25, 0.3) is 0 Å². The Bertz CT molecular complexity index is 619. The summed E-state index contributed by atoms with van der Waals surface area (Å²) >= 11 is 0. The third-order valence-corrected chi connectivity index (χ3v) is 4.39. The van der Waals surface area contributed by atoms with Crippen LogP contribution in [0.5, 0.6) is 5.75 Å². The maximum absolute atomic E-state index is 12.4. The van der Waals surface area contributed by atoms with E-state index in [4.69, 9.17) is 10.2 Å². The Morgan fingerprint density at radius 2 is 1.95 bits per heavy atom. The van der Waals surface area contributed by atoms with Crippen LogP contribution in [-0.4, -0.2) is 60.1 Å².